The number of carbonyl (C=O) groups excluding carboxylic acids is 1. The molecule has 0 fully saturated rings. The maximum Gasteiger partial charge on any atom is 0.251 e. The molecule has 1 aromatic carbocycles. The topological polar surface area (TPSA) is 29.1 Å². The molecule has 2 nitrogen and oxygen atoms in total. The normalized spacial score (nSPS) is 11.6. The van der Waals surface area contributed by atoms with Crippen molar-refractivity contribution in [2.45, 2.75) is 32.7 Å². The molecule has 0 heterocycles. The first-order valence-electron chi connectivity index (χ1n) is 5.59. The monoisotopic (exact) mass is 293 g/mol. The third kappa shape index (κ3) is 3.61. The molecule has 3 heteroatoms. The first-order valence-corrected chi connectivity index (χ1v) is 6.38. The van der Waals surface area contributed by atoms with Crippen LogP contribution in [0.15, 0.2) is 22.7 Å². The largest absolute Gasteiger partial charge is 0.348 e. The highest BCUT2D eigenvalue weighted by atomic mass is 79.9. The SMILES string of the molecule is C#CCC(CC)NC(=O)c1cccc(Br)c1C. The molecule has 0 aromatic heterocycles. The average molecular weight is 294 g/mol. The van der Waals surface area contributed by atoms with Gasteiger partial charge in [0.15, 0.2) is 0 Å². The number of terminal acetylenes is 1. The highest BCUT2D eigenvalue weighted by Crippen LogP contribution is 2.19. The van der Waals surface area contributed by atoms with E-state index in [1.165, 1.54) is 0 Å². The third-order valence-electron chi connectivity index (χ3n) is 2.70. The molecule has 0 bridgehead atoms. The van der Waals surface area contributed by atoms with Crippen LogP contribution in [0.5, 0.6) is 0 Å². The number of hydrogen-bond donors (Lipinski definition) is 1. The number of rotatable bonds is 4. The van der Waals surface area contributed by atoms with E-state index in [1.807, 2.05) is 32.0 Å². The standard InChI is InChI=1S/C14H16BrNO/c1-4-7-11(5-2)16-14(17)12-8-6-9-13(15)10(12)3/h1,6,8-9,11H,5,7H2,2-3H3,(H,16,17). The van der Waals surface area contributed by atoms with Crippen LogP contribution in [0.2, 0.25) is 0 Å². The number of benzene rings is 1. The van der Waals surface area contributed by atoms with Crippen molar-refractivity contribution in [3.05, 3.63) is 33.8 Å². The van der Waals surface area contributed by atoms with E-state index in [2.05, 4.69) is 27.2 Å². The van der Waals surface area contributed by atoms with Crippen molar-refractivity contribution in [1.29, 1.82) is 0 Å². The molecule has 0 aliphatic rings. The Labute approximate surface area is 111 Å². The maximum absolute atomic E-state index is 12.1. The van der Waals surface area contributed by atoms with Crippen LogP contribution in [0, 0.1) is 19.3 Å². The molecule has 1 amide bonds. The van der Waals surface area contributed by atoms with Crippen LogP contribution in [0.3, 0.4) is 0 Å². The Morgan fingerprint density at radius 3 is 2.88 bits per heavy atom. The molecule has 0 radical (unpaired) electrons. The van der Waals surface area contributed by atoms with Gasteiger partial charge in [0.25, 0.3) is 5.91 Å². The van der Waals surface area contributed by atoms with Crippen LogP contribution in [0.25, 0.3) is 0 Å². The first kappa shape index (κ1) is 13.8. The summed E-state index contributed by atoms with van der Waals surface area (Å²) in [5, 5.41) is 2.95. The van der Waals surface area contributed by atoms with E-state index in [4.69, 9.17) is 6.42 Å². The molecule has 1 N–H and O–H groups in total. The van der Waals surface area contributed by atoms with Crippen molar-refractivity contribution in [3.63, 3.8) is 0 Å². The minimum atomic E-state index is -0.0640. The lowest BCUT2D eigenvalue weighted by atomic mass is 10.1. The summed E-state index contributed by atoms with van der Waals surface area (Å²) in [7, 11) is 0. The van der Waals surface area contributed by atoms with Gasteiger partial charge in [0.05, 0.1) is 0 Å². The van der Waals surface area contributed by atoms with E-state index in [0.717, 1.165) is 16.5 Å². The molecule has 1 unspecified atom stereocenters. The van der Waals surface area contributed by atoms with Crippen LogP contribution in [-0.2, 0) is 0 Å². The van der Waals surface area contributed by atoms with Gasteiger partial charge in [-0.25, -0.2) is 0 Å². The molecule has 0 saturated carbocycles. The summed E-state index contributed by atoms with van der Waals surface area (Å²) in [4.78, 5) is 12.1. The maximum atomic E-state index is 12.1. The van der Waals surface area contributed by atoms with Crippen molar-refractivity contribution < 1.29 is 4.79 Å². The molecule has 0 saturated heterocycles. The zero-order valence-electron chi connectivity index (χ0n) is 10.1. The fourth-order valence-electron chi connectivity index (χ4n) is 1.56. The van der Waals surface area contributed by atoms with Crippen molar-refractivity contribution in [2.75, 3.05) is 0 Å². The number of halogens is 1. The molecular formula is C14H16BrNO. The Morgan fingerprint density at radius 1 is 1.59 bits per heavy atom. The van der Waals surface area contributed by atoms with Crippen LogP contribution in [-0.4, -0.2) is 11.9 Å². The fourth-order valence-corrected chi connectivity index (χ4v) is 1.92. The zero-order valence-corrected chi connectivity index (χ0v) is 11.7. The summed E-state index contributed by atoms with van der Waals surface area (Å²) >= 11 is 3.42. The predicted octanol–water partition coefficient (Wildman–Crippen LogP) is 3.29. The molecule has 1 aromatic rings. The van der Waals surface area contributed by atoms with Gasteiger partial charge < -0.3 is 5.32 Å². The van der Waals surface area contributed by atoms with Gasteiger partial charge in [-0.3, -0.25) is 4.79 Å². The second kappa shape index (κ2) is 6.46. The highest BCUT2D eigenvalue weighted by Gasteiger charge is 2.14. The van der Waals surface area contributed by atoms with Gasteiger partial charge in [0.1, 0.15) is 0 Å². The van der Waals surface area contributed by atoms with E-state index in [0.29, 0.717) is 12.0 Å². The van der Waals surface area contributed by atoms with Crippen LogP contribution >= 0.6 is 15.9 Å². The second-order valence-electron chi connectivity index (χ2n) is 3.90. The average Bonchev–Trinajstić information content (AvgIpc) is 2.31. The van der Waals surface area contributed by atoms with E-state index < -0.39 is 0 Å². The molecule has 90 valence electrons. The van der Waals surface area contributed by atoms with Gasteiger partial charge in [-0.15, -0.1) is 12.3 Å². The highest BCUT2D eigenvalue weighted by molar-refractivity contribution is 9.10. The summed E-state index contributed by atoms with van der Waals surface area (Å²) in [6.45, 7) is 3.93. The van der Waals surface area contributed by atoms with Crippen molar-refractivity contribution in [3.8, 4) is 12.3 Å². The molecule has 0 aliphatic carbocycles. The summed E-state index contributed by atoms with van der Waals surface area (Å²) in [6.07, 6.45) is 6.67. The summed E-state index contributed by atoms with van der Waals surface area (Å²) in [5.74, 6) is 2.51. The predicted molar refractivity (Wildman–Crippen MR) is 73.9 cm³/mol. The lowest BCUT2D eigenvalue weighted by Gasteiger charge is -2.15. The van der Waals surface area contributed by atoms with Gasteiger partial charge in [0.2, 0.25) is 0 Å². The van der Waals surface area contributed by atoms with E-state index in [9.17, 15) is 4.79 Å². The van der Waals surface area contributed by atoms with Gasteiger partial charge in [-0.2, -0.15) is 0 Å². The molecular weight excluding hydrogens is 278 g/mol. The molecule has 1 rings (SSSR count). The second-order valence-corrected chi connectivity index (χ2v) is 4.75. The molecule has 17 heavy (non-hydrogen) atoms. The Kier molecular flexibility index (Phi) is 5.24. The fraction of sp³-hybridized carbons (Fsp3) is 0.357. The van der Waals surface area contributed by atoms with E-state index in [-0.39, 0.29) is 11.9 Å². The smallest absolute Gasteiger partial charge is 0.251 e. The first-order chi connectivity index (χ1) is 8.10. The Hall–Kier alpha value is -1.27. The number of amides is 1. The van der Waals surface area contributed by atoms with E-state index in [1.54, 1.807) is 0 Å². The zero-order chi connectivity index (χ0) is 12.8. The summed E-state index contributed by atoms with van der Waals surface area (Å²) in [6, 6.07) is 5.64. The van der Waals surface area contributed by atoms with Crippen molar-refractivity contribution >= 4 is 21.8 Å². The summed E-state index contributed by atoms with van der Waals surface area (Å²) < 4.78 is 0.940. The minimum absolute atomic E-state index is 0.0471. The third-order valence-corrected chi connectivity index (χ3v) is 3.56. The van der Waals surface area contributed by atoms with Crippen molar-refractivity contribution in [2.24, 2.45) is 0 Å². The lowest BCUT2D eigenvalue weighted by Crippen LogP contribution is -2.34. The Bertz CT molecular complexity index is 448. The van der Waals surface area contributed by atoms with E-state index >= 15 is 0 Å². The minimum Gasteiger partial charge on any atom is -0.348 e. The molecule has 0 spiro atoms. The van der Waals surface area contributed by atoms with Gasteiger partial charge >= 0.3 is 0 Å². The number of nitrogens with one attached hydrogen (secondary N) is 1. The Morgan fingerprint density at radius 2 is 2.29 bits per heavy atom. The number of carbonyl (C=O) groups is 1. The lowest BCUT2D eigenvalue weighted by molar-refractivity contribution is 0.0936. The van der Waals surface area contributed by atoms with Crippen LogP contribution in [0.1, 0.15) is 35.7 Å². The molecule has 0 aliphatic heterocycles. The van der Waals surface area contributed by atoms with Crippen LogP contribution in [0.4, 0.5) is 0 Å². The van der Waals surface area contributed by atoms with Crippen LogP contribution < -0.4 is 5.32 Å². The number of hydrogen-bond acceptors (Lipinski definition) is 1. The van der Waals surface area contributed by atoms with Gasteiger partial charge in [-0.1, -0.05) is 28.9 Å². The summed E-state index contributed by atoms with van der Waals surface area (Å²) in [5.41, 5.74) is 1.63. The van der Waals surface area contributed by atoms with Gasteiger partial charge in [-0.05, 0) is 31.0 Å². The Balaban J connectivity index is 2.83. The van der Waals surface area contributed by atoms with Crippen molar-refractivity contribution in [1.82, 2.24) is 5.32 Å². The van der Waals surface area contributed by atoms with Gasteiger partial charge in [0, 0.05) is 22.5 Å². The molecule has 1 atom stereocenters. The quantitative estimate of drug-likeness (QED) is 0.848.